The van der Waals surface area contributed by atoms with Crippen LogP contribution in [0.2, 0.25) is 0 Å². The fourth-order valence-corrected chi connectivity index (χ4v) is 1.91. The topological polar surface area (TPSA) is 49.3 Å². The quantitative estimate of drug-likeness (QED) is 0.842. The molecule has 100 valence electrons. The Hall–Kier alpha value is -1.35. The van der Waals surface area contributed by atoms with Gasteiger partial charge in [0.1, 0.15) is 0 Å². The summed E-state index contributed by atoms with van der Waals surface area (Å²) >= 11 is 0. The first-order valence-corrected chi connectivity index (χ1v) is 6.43. The molecule has 2 N–H and O–H groups in total. The van der Waals surface area contributed by atoms with E-state index >= 15 is 0 Å². The Morgan fingerprint density at radius 3 is 2.61 bits per heavy atom. The smallest absolute Gasteiger partial charge is 0.251 e. The van der Waals surface area contributed by atoms with Gasteiger partial charge >= 0.3 is 0 Å². The lowest BCUT2D eigenvalue weighted by molar-refractivity contribution is 0.0885. The van der Waals surface area contributed by atoms with E-state index in [0.717, 1.165) is 17.5 Å². The van der Waals surface area contributed by atoms with Gasteiger partial charge in [0.15, 0.2) is 0 Å². The zero-order valence-corrected chi connectivity index (χ0v) is 11.7. The second kappa shape index (κ2) is 6.01. The van der Waals surface area contributed by atoms with Crippen LogP contribution in [-0.4, -0.2) is 23.2 Å². The molecule has 0 saturated carbocycles. The Morgan fingerprint density at radius 2 is 2.06 bits per heavy atom. The molecular weight excluding hydrogens is 226 g/mol. The Kier molecular flexibility index (Phi) is 4.91. The van der Waals surface area contributed by atoms with Crippen molar-refractivity contribution in [1.82, 2.24) is 5.32 Å². The number of amides is 1. The van der Waals surface area contributed by atoms with Crippen LogP contribution < -0.4 is 5.32 Å². The molecule has 1 rings (SSSR count). The molecule has 0 saturated heterocycles. The van der Waals surface area contributed by atoms with Crippen LogP contribution in [0, 0.1) is 13.8 Å². The molecule has 0 heterocycles. The third kappa shape index (κ3) is 3.33. The minimum atomic E-state index is -0.345. The number of hydrogen-bond donors (Lipinski definition) is 2. The molecule has 0 aliphatic carbocycles. The number of nitrogens with one attached hydrogen (secondary N) is 1. The minimum absolute atomic E-state index is 0.0611. The van der Waals surface area contributed by atoms with Gasteiger partial charge in [-0.3, -0.25) is 4.79 Å². The Morgan fingerprint density at radius 1 is 1.39 bits per heavy atom. The van der Waals surface area contributed by atoms with Gasteiger partial charge < -0.3 is 10.4 Å². The maximum atomic E-state index is 12.3. The molecule has 0 fully saturated rings. The second-order valence-electron chi connectivity index (χ2n) is 5.09. The van der Waals surface area contributed by atoms with Crippen LogP contribution in [0.15, 0.2) is 18.2 Å². The zero-order chi connectivity index (χ0) is 13.8. The van der Waals surface area contributed by atoms with Crippen molar-refractivity contribution in [2.45, 2.75) is 46.1 Å². The highest BCUT2D eigenvalue weighted by atomic mass is 16.3. The molecule has 18 heavy (non-hydrogen) atoms. The lowest BCUT2D eigenvalue weighted by atomic mass is 9.93. The Balaban J connectivity index is 2.91. The van der Waals surface area contributed by atoms with Crippen LogP contribution in [-0.2, 0) is 0 Å². The first kappa shape index (κ1) is 14.7. The summed E-state index contributed by atoms with van der Waals surface area (Å²) in [5.74, 6) is -0.0611. The van der Waals surface area contributed by atoms with Gasteiger partial charge in [-0.1, -0.05) is 19.1 Å². The second-order valence-corrected chi connectivity index (χ2v) is 5.09. The van der Waals surface area contributed by atoms with E-state index in [1.165, 1.54) is 0 Å². The number of rotatable bonds is 5. The molecule has 1 amide bonds. The molecule has 0 bridgehead atoms. The van der Waals surface area contributed by atoms with Gasteiger partial charge in [0.25, 0.3) is 5.91 Å². The molecule has 0 aliphatic rings. The summed E-state index contributed by atoms with van der Waals surface area (Å²) in [6, 6.07) is 5.73. The van der Waals surface area contributed by atoms with Crippen LogP contribution in [0.5, 0.6) is 0 Å². The monoisotopic (exact) mass is 249 g/mol. The van der Waals surface area contributed by atoms with Crippen molar-refractivity contribution in [2.24, 2.45) is 0 Å². The molecule has 0 aromatic heterocycles. The van der Waals surface area contributed by atoms with Crippen molar-refractivity contribution in [1.29, 1.82) is 0 Å². The predicted molar refractivity (Wildman–Crippen MR) is 73.8 cm³/mol. The van der Waals surface area contributed by atoms with Crippen molar-refractivity contribution >= 4 is 5.91 Å². The summed E-state index contributed by atoms with van der Waals surface area (Å²) in [5.41, 5.74) is 2.50. The van der Waals surface area contributed by atoms with E-state index in [-0.39, 0.29) is 18.1 Å². The average Bonchev–Trinajstić information content (AvgIpc) is 2.32. The van der Waals surface area contributed by atoms with E-state index in [1.807, 2.05) is 45.9 Å². The highest BCUT2D eigenvalue weighted by Crippen LogP contribution is 2.17. The average molecular weight is 249 g/mol. The van der Waals surface area contributed by atoms with Crippen LogP contribution in [0.1, 0.15) is 48.2 Å². The van der Waals surface area contributed by atoms with Crippen LogP contribution in [0.3, 0.4) is 0 Å². The highest BCUT2D eigenvalue weighted by Gasteiger charge is 2.24. The van der Waals surface area contributed by atoms with Gasteiger partial charge in [-0.05, 0) is 50.8 Å². The lowest BCUT2D eigenvalue weighted by Gasteiger charge is -2.29. The third-order valence-corrected chi connectivity index (χ3v) is 3.71. The molecule has 1 aromatic rings. The van der Waals surface area contributed by atoms with E-state index in [4.69, 9.17) is 5.11 Å². The molecular formula is C15H23NO2. The number of carbonyl (C=O) groups excluding carboxylic acids is 1. The molecule has 0 unspecified atom stereocenters. The van der Waals surface area contributed by atoms with Crippen molar-refractivity contribution in [2.75, 3.05) is 6.61 Å². The van der Waals surface area contributed by atoms with Crippen molar-refractivity contribution in [3.8, 4) is 0 Å². The summed E-state index contributed by atoms with van der Waals surface area (Å²) in [7, 11) is 0. The van der Waals surface area contributed by atoms with E-state index < -0.39 is 0 Å². The molecule has 0 aliphatic heterocycles. The van der Waals surface area contributed by atoms with E-state index in [2.05, 4.69) is 5.32 Å². The van der Waals surface area contributed by atoms with Gasteiger partial charge in [-0.25, -0.2) is 0 Å². The predicted octanol–water partition coefficient (Wildman–Crippen LogP) is 2.58. The van der Waals surface area contributed by atoms with Gasteiger partial charge in [0, 0.05) is 17.7 Å². The maximum absolute atomic E-state index is 12.3. The van der Waals surface area contributed by atoms with Crippen LogP contribution >= 0.6 is 0 Å². The molecule has 1 aromatic carbocycles. The lowest BCUT2D eigenvalue weighted by Crippen LogP contribution is -2.46. The first-order chi connectivity index (χ1) is 8.43. The van der Waals surface area contributed by atoms with Crippen LogP contribution in [0.25, 0.3) is 0 Å². The first-order valence-electron chi connectivity index (χ1n) is 6.43. The molecule has 3 nitrogen and oxygen atoms in total. The van der Waals surface area contributed by atoms with Gasteiger partial charge in [-0.2, -0.15) is 0 Å². The minimum Gasteiger partial charge on any atom is -0.396 e. The van der Waals surface area contributed by atoms with Crippen molar-refractivity contribution < 1.29 is 9.90 Å². The van der Waals surface area contributed by atoms with E-state index in [0.29, 0.717) is 12.0 Å². The SMILES string of the molecule is CC[C@](C)(CCO)NC(=O)c1cccc(C)c1C. The Bertz CT molecular complexity index is 429. The standard InChI is InChI=1S/C15H23NO2/c1-5-15(4,9-10-17)16-14(18)13-8-6-7-11(2)12(13)3/h6-8,17H,5,9-10H2,1-4H3,(H,16,18)/t15-/m1/s1. The molecule has 3 heteroatoms. The summed E-state index contributed by atoms with van der Waals surface area (Å²) < 4.78 is 0. The van der Waals surface area contributed by atoms with Gasteiger partial charge in [0.2, 0.25) is 0 Å². The fourth-order valence-electron chi connectivity index (χ4n) is 1.91. The number of aliphatic hydroxyl groups is 1. The maximum Gasteiger partial charge on any atom is 0.251 e. The summed E-state index contributed by atoms with van der Waals surface area (Å²) in [5, 5.41) is 12.1. The van der Waals surface area contributed by atoms with Crippen molar-refractivity contribution in [3.63, 3.8) is 0 Å². The van der Waals surface area contributed by atoms with Gasteiger partial charge in [0.05, 0.1) is 0 Å². The summed E-state index contributed by atoms with van der Waals surface area (Å²) in [6.45, 7) is 8.02. The molecule has 1 atom stereocenters. The van der Waals surface area contributed by atoms with Crippen LogP contribution in [0.4, 0.5) is 0 Å². The number of hydrogen-bond acceptors (Lipinski definition) is 2. The number of aryl methyl sites for hydroxylation is 1. The Labute approximate surface area is 109 Å². The third-order valence-electron chi connectivity index (χ3n) is 3.71. The highest BCUT2D eigenvalue weighted by molar-refractivity contribution is 5.96. The summed E-state index contributed by atoms with van der Waals surface area (Å²) in [4.78, 5) is 12.3. The largest absolute Gasteiger partial charge is 0.396 e. The zero-order valence-electron chi connectivity index (χ0n) is 11.7. The van der Waals surface area contributed by atoms with Crippen molar-refractivity contribution in [3.05, 3.63) is 34.9 Å². The van der Waals surface area contributed by atoms with E-state index in [9.17, 15) is 4.79 Å². The van der Waals surface area contributed by atoms with E-state index in [1.54, 1.807) is 0 Å². The number of aliphatic hydroxyl groups excluding tert-OH is 1. The summed E-state index contributed by atoms with van der Waals surface area (Å²) in [6.07, 6.45) is 1.37. The molecule has 0 radical (unpaired) electrons. The normalized spacial score (nSPS) is 14.1. The number of benzene rings is 1. The number of carbonyl (C=O) groups is 1. The molecule has 0 spiro atoms. The fraction of sp³-hybridized carbons (Fsp3) is 0.533. The van der Waals surface area contributed by atoms with Gasteiger partial charge in [-0.15, -0.1) is 0 Å².